The molecule has 0 fully saturated rings. The third kappa shape index (κ3) is 1.84. The molecule has 6 heteroatoms. The summed E-state index contributed by atoms with van der Waals surface area (Å²) in [7, 11) is 1.89. The second-order valence-electron chi connectivity index (χ2n) is 4.60. The van der Waals surface area contributed by atoms with Gasteiger partial charge in [0.1, 0.15) is 0 Å². The van der Waals surface area contributed by atoms with Crippen molar-refractivity contribution in [3.63, 3.8) is 0 Å². The van der Waals surface area contributed by atoms with Crippen molar-refractivity contribution in [1.29, 1.82) is 5.26 Å². The lowest BCUT2D eigenvalue weighted by Crippen LogP contribution is -1.97. The number of fused-ring (bicyclic) bond motifs is 1. The number of aryl methyl sites for hydroxylation is 2. The lowest BCUT2D eigenvalue weighted by molar-refractivity contribution is 0.746. The van der Waals surface area contributed by atoms with E-state index < -0.39 is 0 Å². The molecule has 0 aliphatic carbocycles. The Bertz CT molecular complexity index is 891. The van der Waals surface area contributed by atoms with Crippen LogP contribution in [0.5, 0.6) is 0 Å². The van der Waals surface area contributed by atoms with Gasteiger partial charge >= 0.3 is 0 Å². The molecular weight excluding hydrogens is 270 g/mol. The number of nitrogens with one attached hydrogen (secondary N) is 1. The van der Waals surface area contributed by atoms with Gasteiger partial charge < -0.3 is 4.98 Å². The molecule has 1 N–H and O–H groups in total. The minimum absolute atomic E-state index is 0.609. The molecule has 0 amide bonds. The number of nitriles is 1. The number of imidazole rings is 1. The minimum atomic E-state index is 0.609. The molecule has 2 heterocycles. The third-order valence-corrected chi connectivity index (χ3v) is 3.56. The van der Waals surface area contributed by atoms with E-state index in [9.17, 15) is 0 Å². The summed E-state index contributed by atoms with van der Waals surface area (Å²) in [6.07, 6.45) is 2.77. The van der Waals surface area contributed by atoms with E-state index in [1.54, 1.807) is 10.7 Å². The zero-order valence-corrected chi connectivity index (χ0v) is 12.0. The maximum atomic E-state index is 9.06. The Hall–Kier alpha value is -2.39. The highest BCUT2D eigenvalue weighted by Gasteiger charge is 2.13. The van der Waals surface area contributed by atoms with E-state index in [4.69, 9.17) is 17.5 Å². The molecule has 0 atom stereocenters. The molecular formula is C14H13N5S. The normalized spacial score (nSPS) is 10.8. The van der Waals surface area contributed by atoms with Gasteiger partial charge in [-0.2, -0.15) is 10.4 Å². The maximum Gasteiger partial charge on any atom is 0.182 e. The van der Waals surface area contributed by atoms with Crippen LogP contribution >= 0.6 is 12.2 Å². The lowest BCUT2D eigenvalue weighted by Gasteiger charge is -2.03. The van der Waals surface area contributed by atoms with Crippen molar-refractivity contribution in [1.82, 2.24) is 19.3 Å². The highest BCUT2D eigenvalue weighted by Crippen LogP contribution is 2.23. The van der Waals surface area contributed by atoms with E-state index >= 15 is 0 Å². The van der Waals surface area contributed by atoms with Crippen LogP contribution in [0.4, 0.5) is 0 Å². The predicted molar refractivity (Wildman–Crippen MR) is 79.3 cm³/mol. The van der Waals surface area contributed by atoms with E-state index in [2.05, 4.69) is 23.1 Å². The van der Waals surface area contributed by atoms with Crippen molar-refractivity contribution >= 4 is 23.3 Å². The molecule has 1 aromatic carbocycles. The number of hydrogen-bond acceptors (Lipinski definition) is 3. The summed E-state index contributed by atoms with van der Waals surface area (Å²) < 4.78 is 4.33. The molecule has 0 unspecified atom stereocenters. The van der Waals surface area contributed by atoms with Crippen LogP contribution in [0.2, 0.25) is 0 Å². The van der Waals surface area contributed by atoms with Gasteiger partial charge in [0, 0.05) is 13.2 Å². The molecule has 0 saturated carbocycles. The van der Waals surface area contributed by atoms with Crippen LogP contribution in [0.15, 0.2) is 24.4 Å². The first-order valence-electron chi connectivity index (χ1n) is 6.31. The Morgan fingerprint density at radius 1 is 1.45 bits per heavy atom. The van der Waals surface area contributed by atoms with E-state index in [1.807, 2.05) is 29.9 Å². The predicted octanol–water partition coefficient (Wildman–Crippen LogP) is 2.86. The van der Waals surface area contributed by atoms with Crippen LogP contribution in [-0.2, 0) is 13.5 Å². The van der Waals surface area contributed by atoms with Gasteiger partial charge in [0.25, 0.3) is 0 Å². The van der Waals surface area contributed by atoms with Gasteiger partial charge in [-0.3, -0.25) is 9.25 Å². The SMILES string of the molecule is CCc1nn(C)cc1-n1c(=S)[nH]c2ccc(C#N)cc21. The highest BCUT2D eigenvalue weighted by atomic mass is 32.1. The average Bonchev–Trinajstić information content (AvgIpc) is 2.96. The zero-order valence-electron chi connectivity index (χ0n) is 11.2. The summed E-state index contributed by atoms with van der Waals surface area (Å²) in [6, 6.07) is 7.66. The molecule has 100 valence electrons. The number of aromatic amines is 1. The average molecular weight is 283 g/mol. The molecule has 3 aromatic rings. The first-order valence-corrected chi connectivity index (χ1v) is 6.72. The molecule has 0 bridgehead atoms. The first kappa shape index (κ1) is 12.6. The van der Waals surface area contributed by atoms with Gasteiger partial charge in [-0.05, 0) is 36.8 Å². The number of H-pyrrole nitrogens is 1. The van der Waals surface area contributed by atoms with E-state index in [1.165, 1.54) is 0 Å². The van der Waals surface area contributed by atoms with Crippen molar-refractivity contribution in [3.8, 4) is 11.8 Å². The van der Waals surface area contributed by atoms with Gasteiger partial charge in [-0.1, -0.05) is 6.92 Å². The maximum absolute atomic E-state index is 9.06. The molecule has 5 nitrogen and oxygen atoms in total. The second kappa shape index (κ2) is 4.62. The van der Waals surface area contributed by atoms with Crippen LogP contribution in [-0.4, -0.2) is 19.3 Å². The number of nitrogens with zero attached hydrogens (tertiary/aromatic N) is 4. The Morgan fingerprint density at radius 2 is 2.25 bits per heavy atom. The largest absolute Gasteiger partial charge is 0.330 e. The van der Waals surface area contributed by atoms with Crippen LogP contribution in [0.1, 0.15) is 18.2 Å². The molecule has 0 radical (unpaired) electrons. The van der Waals surface area contributed by atoms with Crippen molar-refractivity contribution in [2.45, 2.75) is 13.3 Å². The second-order valence-corrected chi connectivity index (χ2v) is 4.98. The van der Waals surface area contributed by atoms with Gasteiger partial charge in [-0.15, -0.1) is 0 Å². The van der Waals surface area contributed by atoms with Crippen molar-refractivity contribution in [2.75, 3.05) is 0 Å². The smallest absolute Gasteiger partial charge is 0.182 e. The third-order valence-electron chi connectivity index (χ3n) is 3.27. The fraction of sp³-hybridized carbons (Fsp3) is 0.214. The molecule has 2 aromatic heterocycles. The molecule has 0 spiro atoms. The van der Waals surface area contributed by atoms with Crippen molar-refractivity contribution in [2.24, 2.45) is 7.05 Å². The Labute approximate surface area is 121 Å². The first-order chi connectivity index (χ1) is 9.63. The quantitative estimate of drug-likeness (QED) is 0.736. The lowest BCUT2D eigenvalue weighted by atomic mass is 10.2. The molecule has 0 saturated heterocycles. The monoisotopic (exact) mass is 283 g/mol. The van der Waals surface area contributed by atoms with Gasteiger partial charge in [0.05, 0.1) is 34.0 Å². The fourth-order valence-electron chi connectivity index (χ4n) is 2.37. The van der Waals surface area contributed by atoms with Crippen LogP contribution in [0.25, 0.3) is 16.7 Å². The van der Waals surface area contributed by atoms with Gasteiger partial charge in [0.15, 0.2) is 4.77 Å². The van der Waals surface area contributed by atoms with E-state index in [0.29, 0.717) is 10.3 Å². The summed E-state index contributed by atoms with van der Waals surface area (Å²) in [5.74, 6) is 0. The number of hydrogen-bond donors (Lipinski definition) is 1. The molecule has 0 aliphatic rings. The standard InChI is InChI=1S/C14H13N5S/c1-3-10-13(8-18(2)17-10)19-12-6-9(7-15)4-5-11(12)16-14(19)20/h4-6,8H,3H2,1-2H3,(H,16,20). The number of aromatic nitrogens is 4. The summed E-state index contributed by atoms with van der Waals surface area (Å²) in [6.45, 7) is 2.06. The van der Waals surface area contributed by atoms with Crippen molar-refractivity contribution < 1.29 is 0 Å². The van der Waals surface area contributed by atoms with E-state index in [-0.39, 0.29) is 0 Å². The van der Waals surface area contributed by atoms with Crippen molar-refractivity contribution in [3.05, 3.63) is 40.4 Å². The Morgan fingerprint density at radius 3 is 2.95 bits per heavy atom. The Balaban J connectivity index is 2.38. The van der Waals surface area contributed by atoms with Crippen LogP contribution in [0.3, 0.4) is 0 Å². The highest BCUT2D eigenvalue weighted by molar-refractivity contribution is 7.71. The summed E-state index contributed by atoms with van der Waals surface area (Å²) >= 11 is 5.42. The molecule has 0 aliphatic heterocycles. The van der Waals surface area contributed by atoms with Crippen LogP contribution in [0, 0.1) is 16.1 Å². The fourth-order valence-corrected chi connectivity index (χ4v) is 2.68. The summed E-state index contributed by atoms with van der Waals surface area (Å²) in [5.41, 5.74) is 4.37. The number of benzene rings is 1. The zero-order chi connectivity index (χ0) is 14.3. The topological polar surface area (TPSA) is 62.3 Å². The number of rotatable bonds is 2. The van der Waals surface area contributed by atoms with E-state index in [0.717, 1.165) is 28.8 Å². The molecule has 3 rings (SSSR count). The van der Waals surface area contributed by atoms with Gasteiger partial charge in [-0.25, -0.2) is 0 Å². The molecule has 20 heavy (non-hydrogen) atoms. The summed E-state index contributed by atoms with van der Waals surface area (Å²) in [4.78, 5) is 3.17. The summed E-state index contributed by atoms with van der Waals surface area (Å²) in [5, 5.41) is 13.5. The Kier molecular flexibility index (Phi) is 2.92. The van der Waals surface area contributed by atoms with Crippen LogP contribution < -0.4 is 0 Å². The van der Waals surface area contributed by atoms with Gasteiger partial charge in [0.2, 0.25) is 0 Å². The minimum Gasteiger partial charge on any atom is -0.330 e.